The van der Waals surface area contributed by atoms with Gasteiger partial charge in [0.2, 0.25) is 0 Å². The first kappa shape index (κ1) is 15.6. The van der Waals surface area contributed by atoms with E-state index in [1.807, 2.05) is 0 Å². The number of halogens is 3. The predicted octanol–water partition coefficient (Wildman–Crippen LogP) is 3.62. The van der Waals surface area contributed by atoms with Gasteiger partial charge in [-0.15, -0.1) is 0 Å². The summed E-state index contributed by atoms with van der Waals surface area (Å²) in [7, 11) is -1.81. The molecule has 7 heteroatoms. The zero-order valence-electron chi connectivity index (χ0n) is 10.5. The van der Waals surface area contributed by atoms with Crippen molar-refractivity contribution in [2.24, 2.45) is 0 Å². The first-order chi connectivity index (χ1) is 9.88. The number of carboxylic acids is 1. The van der Waals surface area contributed by atoms with Gasteiger partial charge in [0, 0.05) is 0 Å². The number of rotatable bonds is 4. The lowest BCUT2D eigenvalue weighted by molar-refractivity contribution is 0.0696. The fraction of sp³-hybridized carbons (Fsp3) is 0.0714. The summed E-state index contributed by atoms with van der Waals surface area (Å²) in [6, 6.07) is 6.88. The minimum absolute atomic E-state index is 0.0972. The second-order valence-electron chi connectivity index (χ2n) is 4.19. The Balaban J connectivity index is 2.29. The number of aromatic carboxylic acids is 1. The molecule has 1 N–H and O–H groups in total. The van der Waals surface area contributed by atoms with Gasteiger partial charge in [0.05, 0.1) is 32.0 Å². The summed E-state index contributed by atoms with van der Waals surface area (Å²) in [5.74, 6) is -2.70. The molecule has 0 aromatic heterocycles. The van der Waals surface area contributed by atoms with Gasteiger partial charge in [0.15, 0.2) is 0 Å². The Labute approximate surface area is 126 Å². The summed E-state index contributed by atoms with van der Waals surface area (Å²) in [5.41, 5.74) is 0.303. The second kappa shape index (κ2) is 6.32. The molecule has 21 heavy (non-hydrogen) atoms. The van der Waals surface area contributed by atoms with Crippen LogP contribution < -0.4 is 0 Å². The van der Waals surface area contributed by atoms with E-state index >= 15 is 0 Å². The van der Waals surface area contributed by atoms with Crippen LogP contribution in [0.15, 0.2) is 41.3 Å². The van der Waals surface area contributed by atoms with Crippen molar-refractivity contribution in [1.82, 2.24) is 0 Å². The lowest BCUT2D eigenvalue weighted by atomic mass is 10.2. The average molecular weight is 331 g/mol. The lowest BCUT2D eigenvalue weighted by Gasteiger charge is -2.06. The largest absolute Gasteiger partial charge is 0.478 e. The SMILES string of the molecule is O=C(O)c1ccc(F)c(S(=O)Cc2ccc(F)c(Cl)c2)c1. The van der Waals surface area contributed by atoms with E-state index in [2.05, 4.69) is 0 Å². The second-order valence-corrected chi connectivity index (χ2v) is 6.02. The van der Waals surface area contributed by atoms with Crippen LogP contribution in [0.4, 0.5) is 8.78 Å². The molecule has 2 aromatic carbocycles. The van der Waals surface area contributed by atoms with Crippen molar-refractivity contribution in [3.8, 4) is 0 Å². The predicted molar refractivity (Wildman–Crippen MR) is 74.9 cm³/mol. The molecule has 1 atom stereocenters. The summed E-state index contributed by atoms with van der Waals surface area (Å²) in [6.07, 6.45) is 0. The van der Waals surface area contributed by atoms with E-state index in [1.54, 1.807) is 0 Å². The Morgan fingerprint density at radius 3 is 2.43 bits per heavy atom. The van der Waals surface area contributed by atoms with E-state index in [9.17, 15) is 17.8 Å². The highest BCUT2D eigenvalue weighted by molar-refractivity contribution is 7.84. The summed E-state index contributed by atoms with van der Waals surface area (Å²) >= 11 is 5.62. The van der Waals surface area contributed by atoms with E-state index in [1.165, 1.54) is 12.1 Å². The van der Waals surface area contributed by atoms with Gasteiger partial charge in [-0.05, 0) is 35.9 Å². The first-order valence-electron chi connectivity index (χ1n) is 5.73. The van der Waals surface area contributed by atoms with E-state index in [4.69, 9.17) is 16.7 Å². The average Bonchev–Trinajstić information content (AvgIpc) is 2.43. The topological polar surface area (TPSA) is 54.4 Å². The summed E-state index contributed by atoms with van der Waals surface area (Å²) in [5, 5.41) is 8.74. The fourth-order valence-corrected chi connectivity index (χ4v) is 3.05. The quantitative estimate of drug-likeness (QED) is 0.931. The molecule has 2 aromatic rings. The van der Waals surface area contributed by atoms with Gasteiger partial charge in [-0.1, -0.05) is 17.7 Å². The zero-order valence-corrected chi connectivity index (χ0v) is 12.0. The lowest BCUT2D eigenvalue weighted by Crippen LogP contribution is -2.03. The normalized spacial score (nSPS) is 12.1. The van der Waals surface area contributed by atoms with Crippen molar-refractivity contribution >= 4 is 28.4 Å². The van der Waals surface area contributed by atoms with Gasteiger partial charge in [0.25, 0.3) is 0 Å². The number of hydrogen-bond acceptors (Lipinski definition) is 2. The van der Waals surface area contributed by atoms with Crippen LogP contribution in [-0.2, 0) is 16.6 Å². The molecule has 0 aliphatic heterocycles. The molecule has 0 saturated carbocycles. The monoisotopic (exact) mass is 330 g/mol. The highest BCUT2D eigenvalue weighted by atomic mass is 35.5. The van der Waals surface area contributed by atoms with Gasteiger partial charge in [-0.25, -0.2) is 13.6 Å². The van der Waals surface area contributed by atoms with Crippen molar-refractivity contribution in [1.29, 1.82) is 0 Å². The number of carboxylic acid groups (broad SMARTS) is 1. The van der Waals surface area contributed by atoms with Crippen molar-refractivity contribution in [3.05, 3.63) is 64.2 Å². The minimum Gasteiger partial charge on any atom is -0.478 e. The molecule has 1 unspecified atom stereocenters. The van der Waals surface area contributed by atoms with Gasteiger partial charge in [-0.2, -0.15) is 0 Å². The van der Waals surface area contributed by atoms with E-state index in [0.717, 1.165) is 24.3 Å². The molecule has 110 valence electrons. The molecule has 0 spiro atoms. The smallest absolute Gasteiger partial charge is 0.335 e. The van der Waals surface area contributed by atoms with E-state index in [-0.39, 0.29) is 21.2 Å². The van der Waals surface area contributed by atoms with Crippen LogP contribution in [0.2, 0.25) is 5.02 Å². The Hall–Kier alpha value is -1.79. The van der Waals surface area contributed by atoms with E-state index < -0.39 is 28.4 Å². The van der Waals surface area contributed by atoms with Crippen LogP contribution in [-0.4, -0.2) is 15.3 Å². The fourth-order valence-electron chi connectivity index (χ4n) is 1.67. The van der Waals surface area contributed by atoms with Gasteiger partial charge in [-0.3, -0.25) is 4.21 Å². The molecule has 0 bridgehead atoms. The molecule has 0 heterocycles. The van der Waals surface area contributed by atoms with Crippen LogP contribution in [0.5, 0.6) is 0 Å². The van der Waals surface area contributed by atoms with Gasteiger partial charge in [0.1, 0.15) is 11.6 Å². The summed E-state index contributed by atoms with van der Waals surface area (Å²) in [6.45, 7) is 0. The zero-order chi connectivity index (χ0) is 15.6. The third-order valence-corrected chi connectivity index (χ3v) is 4.39. The number of carbonyl (C=O) groups is 1. The maximum Gasteiger partial charge on any atom is 0.335 e. The third-order valence-electron chi connectivity index (χ3n) is 2.71. The standard InChI is InChI=1S/C14H9ClF2O3S/c15-10-5-8(1-3-11(10)16)7-21(20)13-6-9(14(18)19)2-4-12(13)17/h1-6H,7H2,(H,18,19). The van der Waals surface area contributed by atoms with Gasteiger partial charge < -0.3 is 5.11 Å². The maximum absolute atomic E-state index is 13.7. The molecular weight excluding hydrogens is 322 g/mol. The number of hydrogen-bond donors (Lipinski definition) is 1. The van der Waals surface area contributed by atoms with Gasteiger partial charge >= 0.3 is 5.97 Å². The molecule has 0 saturated heterocycles. The van der Waals surface area contributed by atoms with Crippen LogP contribution in [0, 0.1) is 11.6 Å². The van der Waals surface area contributed by atoms with Crippen LogP contribution in [0.1, 0.15) is 15.9 Å². The molecule has 0 fully saturated rings. The molecule has 0 aliphatic rings. The highest BCUT2D eigenvalue weighted by Gasteiger charge is 2.15. The van der Waals surface area contributed by atoms with Crippen LogP contribution in [0.3, 0.4) is 0 Å². The molecule has 0 aliphatic carbocycles. The number of benzene rings is 2. The molecule has 3 nitrogen and oxygen atoms in total. The highest BCUT2D eigenvalue weighted by Crippen LogP contribution is 2.21. The Morgan fingerprint density at radius 2 is 1.81 bits per heavy atom. The van der Waals surface area contributed by atoms with Crippen molar-refractivity contribution in [2.75, 3.05) is 0 Å². The molecular formula is C14H9ClF2O3S. The first-order valence-corrected chi connectivity index (χ1v) is 7.43. The Morgan fingerprint density at radius 1 is 1.14 bits per heavy atom. The summed E-state index contributed by atoms with van der Waals surface area (Å²) < 4.78 is 38.8. The maximum atomic E-state index is 13.7. The van der Waals surface area contributed by atoms with Crippen LogP contribution in [0.25, 0.3) is 0 Å². The third kappa shape index (κ3) is 3.65. The van der Waals surface area contributed by atoms with Crippen molar-refractivity contribution in [2.45, 2.75) is 10.6 Å². The molecule has 0 radical (unpaired) electrons. The Kier molecular flexibility index (Phi) is 4.69. The van der Waals surface area contributed by atoms with E-state index in [0.29, 0.717) is 5.56 Å². The van der Waals surface area contributed by atoms with Crippen molar-refractivity contribution in [3.63, 3.8) is 0 Å². The molecule has 2 rings (SSSR count). The summed E-state index contributed by atoms with van der Waals surface area (Å²) in [4.78, 5) is 10.6. The molecule has 0 amide bonds. The van der Waals surface area contributed by atoms with Crippen LogP contribution >= 0.6 is 11.6 Å². The van der Waals surface area contributed by atoms with Crippen molar-refractivity contribution < 1.29 is 22.9 Å². The minimum atomic E-state index is -1.81. The Bertz CT molecular complexity index is 734.